The van der Waals surface area contributed by atoms with Gasteiger partial charge in [0.15, 0.2) is 0 Å². The predicted molar refractivity (Wildman–Crippen MR) is 111 cm³/mol. The Bertz CT molecular complexity index is 1030. The lowest BCUT2D eigenvalue weighted by Crippen LogP contribution is -2.29. The molecule has 130 valence electrons. The number of fused-ring (bicyclic) bond motifs is 4. The molecule has 0 bridgehead atoms. The fourth-order valence-corrected chi connectivity index (χ4v) is 5.14. The Morgan fingerprint density at radius 3 is 2.81 bits per heavy atom. The highest BCUT2D eigenvalue weighted by molar-refractivity contribution is 9.10. The van der Waals surface area contributed by atoms with Crippen molar-refractivity contribution in [1.29, 1.82) is 0 Å². The molecule has 1 aliphatic heterocycles. The molecule has 0 amide bonds. The van der Waals surface area contributed by atoms with E-state index in [1.165, 1.54) is 27.6 Å². The quantitative estimate of drug-likeness (QED) is 0.495. The van der Waals surface area contributed by atoms with Crippen molar-refractivity contribution >= 4 is 32.4 Å². The van der Waals surface area contributed by atoms with E-state index in [1.807, 2.05) is 0 Å². The lowest BCUT2D eigenvalue weighted by atomic mass is 9.76. The molecule has 2 aliphatic rings. The summed E-state index contributed by atoms with van der Waals surface area (Å²) in [5.41, 5.74) is 3.86. The number of hydrogen-bond acceptors (Lipinski definition) is 2. The molecule has 3 aromatic rings. The summed E-state index contributed by atoms with van der Waals surface area (Å²) in [7, 11) is 1.77. The smallest absolute Gasteiger partial charge is 0.124 e. The number of benzene rings is 3. The lowest BCUT2D eigenvalue weighted by Gasteiger charge is -2.39. The molecular weight excluding hydrogens is 386 g/mol. The molecule has 0 saturated heterocycles. The molecule has 3 aromatic carbocycles. The first kappa shape index (κ1) is 16.0. The zero-order valence-corrected chi connectivity index (χ0v) is 16.2. The highest BCUT2D eigenvalue weighted by Gasteiger charge is 2.40. The van der Waals surface area contributed by atoms with E-state index in [-0.39, 0.29) is 6.04 Å². The summed E-state index contributed by atoms with van der Waals surface area (Å²) in [5.74, 6) is 1.90. The van der Waals surface area contributed by atoms with Crippen molar-refractivity contribution < 1.29 is 4.74 Å². The van der Waals surface area contributed by atoms with Crippen molar-refractivity contribution in [3.8, 4) is 5.75 Å². The van der Waals surface area contributed by atoms with Gasteiger partial charge < -0.3 is 10.1 Å². The standard InChI is InChI=1S/C23H20BrNO/c1-26-20-13-12-14-6-2-3-7-15(14)21(20)23-18-9-4-8-16(18)17-10-5-11-19(24)22(17)25-23/h2-8,10-13,16,18,23,25H,9H2,1H3. The number of ether oxygens (including phenoxy) is 1. The fourth-order valence-electron chi connectivity index (χ4n) is 4.64. The van der Waals surface area contributed by atoms with Gasteiger partial charge in [0, 0.05) is 16.0 Å². The normalized spacial score (nSPS) is 23.4. The minimum Gasteiger partial charge on any atom is -0.496 e. The van der Waals surface area contributed by atoms with Gasteiger partial charge in [0.2, 0.25) is 0 Å². The number of hydrogen-bond donors (Lipinski definition) is 1. The van der Waals surface area contributed by atoms with Crippen LogP contribution >= 0.6 is 15.9 Å². The van der Waals surface area contributed by atoms with Crippen molar-refractivity contribution in [3.63, 3.8) is 0 Å². The Kier molecular flexibility index (Phi) is 3.79. The molecule has 0 radical (unpaired) electrons. The third kappa shape index (κ3) is 2.30. The molecule has 1 heterocycles. The van der Waals surface area contributed by atoms with Gasteiger partial charge in [0.25, 0.3) is 0 Å². The average molecular weight is 406 g/mol. The van der Waals surface area contributed by atoms with Crippen molar-refractivity contribution in [2.24, 2.45) is 5.92 Å². The van der Waals surface area contributed by atoms with Gasteiger partial charge in [-0.05, 0) is 56.7 Å². The number of rotatable bonds is 2. The highest BCUT2D eigenvalue weighted by Crippen LogP contribution is 2.53. The van der Waals surface area contributed by atoms with E-state index in [0.717, 1.165) is 16.6 Å². The monoisotopic (exact) mass is 405 g/mol. The number of nitrogens with one attached hydrogen (secondary N) is 1. The van der Waals surface area contributed by atoms with E-state index >= 15 is 0 Å². The van der Waals surface area contributed by atoms with E-state index in [9.17, 15) is 0 Å². The van der Waals surface area contributed by atoms with Gasteiger partial charge in [-0.1, -0.05) is 54.6 Å². The van der Waals surface area contributed by atoms with E-state index in [1.54, 1.807) is 7.11 Å². The molecule has 0 aromatic heterocycles. The van der Waals surface area contributed by atoms with Crippen LogP contribution in [0.15, 0.2) is 71.2 Å². The molecule has 0 fully saturated rings. The van der Waals surface area contributed by atoms with Gasteiger partial charge in [-0.25, -0.2) is 0 Å². The van der Waals surface area contributed by atoms with Crippen LogP contribution in [-0.4, -0.2) is 7.11 Å². The first-order valence-electron chi connectivity index (χ1n) is 9.05. The van der Waals surface area contributed by atoms with Crippen LogP contribution in [-0.2, 0) is 0 Å². The van der Waals surface area contributed by atoms with Gasteiger partial charge in [-0.3, -0.25) is 0 Å². The van der Waals surface area contributed by atoms with Gasteiger partial charge in [-0.15, -0.1) is 0 Å². The topological polar surface area (TPSA) is 21.3 Å². The molecule has 5 rings (SSSR count). The van der Waals surface area contributed by atoms with Crippen LogP contribution in [0.3, 0.4) is 0 Å². The van der Waals surface area contributed by atoms with Gasteiger partial charge in [0.05, 0.1) is 18.8 Å². The predicted octanol–water partition coefficient (Wildman–Crippen LogP) is 6.44. The molecule has 26 heavy (non-hydrogen) atoms. The highest BCUT2D eigenvalue weighted by atomic mass is 79.9. The number of halogens is 1. The molecule has 3 heteroatoms. The SMILES string of the molecule is COc1ccc2ccccc2c1C1Nc2c(Br)cccc2C2C=CCC21. The zero-order valence-electron chi connectivity index (χ0n) is 14.6. The Hall–Kier alpha value is -2.26. The molecule has 0 spiro atoms. The molecule has 3 atom stereocenters. The summed E-state index contributed by atoms with van der Waals surface area (Å²) >= 11 is 3.75. The third-order valence-electron chi connectivity index (χ3n) is 5.81. The first-order chi connectivity index (χ1) is 12.8. The molecule has 0 saturated carbocycles. The van der Waals surface area contributed by atoms with Crippen LogP contribution in [0, 0.1) is 5.92 Å². The Morgan fingerprint density at radius 2 is 1.92 bits per heavy atom. The maximum absolute atomic E-state index is 5.80. The number of para-hydroxylation sites is 1. The first-order valence-corrected chi connectivity index (χ1v) is 9.84. The van der Waals surface area contributed by atoms with Crippen LogP contribution in [0.4, 0.5) is 5.69 Å². The third-order valence-corrected chi connectivity index (χ3v) is 6.47. The number of anilines is 1. The minimum absolute atomic E-state index is 0.210. The van der Waals surface area contributed by atoms with E-state index in [4.69, 9.17) is 4.74 Å². The van der Waals surface area contributed by atoms with Crippen LogP contribution in [0.5, 0.6) is 5.75 Å². The average Bonchev–Trinajstić information content (AvgIpc) is 3.17. The van der Waals surface area contributed by atoms with Crippen LogP contribution in [0.25, 0.3) is 10.8 Å². The van der Waals surface area contributed by atoms with Crippen molar-refractivity contribution in [1.82, 2.24) is 0 Å². The maximum atomic E-state index is 5.80. The summed E-state index contributed by atoms with van der Waals surface area (Å²) in [4.78, 5) is 0. The fraction of sp³-hybridized carbons (Fsp3) is 0.217. The summed E-state index contributed by atoms with van der Waals surface area (Å²) in [5, 5.41) is 6.38. The molecular formula is C23H20BrNO. The second-order valence-electron chi connectivity index (χ2n) is 7.08. The molecule has 1 aliphatic carbocycles. The molecule has 3 unspecified atom stereocenters. The zero-order chi connectivity index (χ0) is 17.7. The van der Waals surface area contributed by atoms with Crippen molar-refractivity contribution in [2.45, 2.75) is 18.4 Å². The van der Waals surface area contributed by atoms with Gasteiger partial charge >= 0.3 is 0 Å². The summed E-state index contributed by atoms with van der Waals surface area (Å²) < 4.78 is 6.92. The Balaban J connectivity index is 1.74. The largest absolute Gasteiger partial charge is 0.496 e. The Labute approximate surface area is 162 Å². The van der Waals surface area contributed by atoms with E-state index in [2.05, 4.69) is 88.0 Å². The van der Waals surface area contributed by atoms with Crippen LogP contribution < -0.4 is 10.1 Å². The molecule has 1 N–H and O–H groups in total. The summed E-state index contributed by atoms with van der Waals surface area (Å²) in [6, 6.07) is 19.5. The summed E-state index contributed by atoms with van der Waals surface area (Å²) in [6.45, 7) is 0. The maximum Gasteiger partial charge on any atom is 0.124 e. The minimum atomic E-state index is 0.210. The van der Waals surface area contributed by atoms with Crippen molar-refractivity contribution in [3.05, 3.63) is 82.3 Å². The second-order valence-corrected chi connectivity index (χ2v) is 7.94. The summed E-state index contributed by atoms with van der Waals surface area (Å²) in [6.07, 6.45) is 5.79. The Morgan fingerprint density at radius 1 is 1.04 bits per heavy atom. The van der Waals surface area contributed by atoms with E-state index in [0.29, 0.717) is 11.8 Å². The van der Waals surface area contributed by atoms with Crippen LogP contribution in [0.1, 0.15) is 29.5 Å². The number of allylic oxidation sites excluding steroid dienone is 2. The van der Waals surface area contributed by atoms with Gasteiger partial charge in [-0.2, -0.15) is 0 Å². The molecule has 2 nitrogen and oxygen atoms in total. The van der Waals surface area contributed by atoms with Gasteiger partial charge in [0.1, 0.15) is 5.75 Å². The lowest BCUT2D eigenvalue weighted by molar-refractivity contribution is 0.383. The van der Waals surface area contributed by atoms with Crippen molar-refractivity contribution in [2.75, 3.05) is 12.4 Å². The van der Waals surface area contributed by atoms with Crippen LogP contribution in [0.2, 0.25) is 0 Å². The number of methoxy groups -OCH3 is 1. The van der Waals surface area contributed by atoms with E-state index < -0.39 is 0 Å². The second kappa shape index (κ2) is 6.17.